The Morgan fingerprint density at radius 2 is 2.13 bits per heavy atom. The van der Waals surface area contributed by atoms with Gasteiger partial charge in [-0.25, -0.2) is 0 Å². The van der Waals surface area contributed by atoms with E-state index in [0.717, 1.165) is 18.6 Å². The van der Waals surface area contributed by atoms with E-state index in [-0.39, 0.29) is 17.7 Å². The molecule has 1 atom stereocenters. The average molecular weight is 319 g/mol. The van der Waals surface area contributed by atoms with E-state index in [9.17, 15) is 9.59 Å². The first kappa shape index (κ1) is 16.1. The molecule has 2 aliphatic rings. The molecule has 126 valence electrons. The molecule has 2 fully saturated rings. The second-order valence-electron chi connectivity index (χ2n) is 6.77. The average Bonchev–Trinajstić information content (AvgIpc) is 3.25. The number of nitrogens with zero attached hydrogens (tertiary/aromatic N) is 1. The molecule has 1 saturated carbocycles. The fourth-order valence-corrected chi connectivity index (χ4v) is 2.86. The maximum Gasteiger partial charge on any atom is 0.258 e. The Kier molecular flexibility index (Phi) is 4.43. The molecule has 0 bridgehead atoms. The minimum atomic E-state index is -0.450. The maximum atomic E-state index is 12.9. The summed E-state index contributed by atoms with van der Waals surface area (Å²) in [6, 6.07) is 1.67. The molecule has 6 heteroatoms. The van der Waals surface area contributed by atoms with Crippen molar-refractivity contribution in [1.82, 2.24) is 15.5 Å². The Labute approximate surface area is 136 Å². The van der Waals surface area contributed by atoms with Crippen LogP contribution in [0, 0.1) is 6.92 Å². The Balaban J connectivity index is 1.79. The number of piperazine rings is 1. The molecule has 3 rings (SSSR count). The first-order valence-electron chi connectivity index (χ1n) is 8.39. The summed E-state index contributed by atoms with van der Waals surface area (Å²) < 4.78 is 5.69. The van der Waals surface area contributed by atoms with Crippen LogP contribution < -0.4 is 10.6 Å². The Hall–Kier alpha value is -1.82. The van der Waals surface area contributed by atoms with Crippen LogP contribution in [0.4, 0.5) is 0 Å². The predicted molar refractivity (Wildman–Crippen MR) is 86.4 cm³/mol. The molecule has 1 aromatic heterocycles. The van der Waals surface area contributed by atoms with Crippen molar-refractivity contribution in [3.63, 3.8) is 0 Å². The van der Waals surface area contributed by atoms with Crippen molar-refractivity contribution in [1.29, 1.82) is 0 Å². The highest BCUT2D eigenvalue weighted by Crippen LogP contribution is 2.24. The van der Waals surface area contributed by atoms with E-state index in [2.05, 4.69) is 10.6 Å². The smallest absolute Gasteiger partial charge is 0.258 e. The van der Waals surface area contributed by atoms with Crippen LogP contribution in [0.5, 0.6) is 0 Å². The van der Waals surface area contributed by atoms with E-state index in [0.29, 0.717) is 37.0 Å². The second-order valence-corrected chi connectivity index (χ2v) is 6.77. The van der Waals surface area contributed by atoms with Crippen LogP contribution in [-0.2, 0) is 4.79 Å². The normalized spacial score (nSPS) is 21.6. The molecule has 1 aromatic rings. The Morgan fingerprint density at radius 1 is 1.39 bits per heavy atom. The third-order valence-corrected chi connectivity index (χ3v) is 4.47. The van der Waals surface area contributed by atoms with Gasteiger partial charge in [0.05, 0.1) is 5.56 Å². The topological polar surface area (TPSA) is 74.6 Å². The highest BCUT2D eigenvalue weighted by atomic mass is 16.3. The van der Waals surface area contributed by atoms with Crippen molar-refractivity contribution in [2.75, 3.05) is 19.6 Å². The van der Waals surface area contributed by atoms with Gasteiger partial charge < -0.3 is 20.0 Å². The van der Waals surface area contributed by atoms with Crippen molar-refractivity contribution in [3.8, 4) is 0 Å². The third-order valence-electron chi connectivity index (χ3n) is 4.47. The molecular weight excluding hydrogens is 294 g/mol. The molecular formula is C17H25N3O3. The van der Waals surface area contributed by atoms with Crippen molar-refractivity contribution in [3.05, 3.63) is 23.2 Å². The van der Waals surface area contributed by atoms with Crippen molar-refractivity contribution < 1.29 is 14.0 Å². The van der Waals surface area contributed by atoms with Gasteiger partial charge in [0, 0.05) is 31.6 Å². The van der Waals surface area contributed by atoms with E-state index >= 15 is 0 Å². The van der Waals surface area contributed by atoms with Gasteiger partial charge in [-0.3, -0.25) is 9.59 Å². The SMILES string of the molecule is Cc1oc(C(C)C)cc1C(=O)N1CCNCC1C(=O)NC1CC1. The first-order valence-corrected chi connectivity index (χ1v) is 8.39. The first-order chi connectivity index (χ1) is 11.0. The predicted octanol–water partition coefficient (Wildman–Crippen LogP) is 1.40. The van der Waals surface area contributed by atoms with Gasteiger partial charge in [0.1, 0.15) is 17.6 Å². The van der Waals surface area contributed by atoms with E-state index < -0.39 is 6.04 Å². The van der Waals surface area contributed by atoms with Crippen molar-refractivity contribution in [2.24, 2.45) is 0 Å². The molecule has 2 heterocycles. The molecule has 1 aliphatic heterocycles. The molecule has 1 unspecified atom stereocenters. The largest absolute Gasteiger partial charge is 0.465 e. The summed E-state index contributed by atoms with van der Waals surface area (Å²) in [6.07, 6.45) is 2.08. The molecule has 23 heavy (non-hydrogen) atoms. The zero-order chi connectivity index (χ0) is 16.6. The number of rotatable bonds is 4. The summed E-state index contributed by atoms with van der Waals surface area (Å²) in [7, 11) is 0. The molecule has 0 aromatic carbocycles. The number of hydrogen-bond donors (Lipinski definition) is 2. The van der Waals surface area contributed by atoms with Gasteiger partial charge in [-0.05, 0) is 25.8 Å². The van der Waals surface area contributed by atoms with Crippen LogP contribution in [0.1, 0.15) is 54.5 Å². The Bertz CT molecular complexity index is 604. The lowest BCUT2D eigenvalue weighted by molar-refractivity contribution is -0.126. The van der Waals surface area contributed by atoms with Crippen LogP contribution in [0.15, 0.2) is 10.5 Å². The standard InChI is InChI=1S/C17H25N3O3/c1-10(2)15-8-13(11(3)23-15)17(22)20-7-6-18-9-14(20)16(21)19-12-4-5-12/h8,10,12,14,18H,4-7,9H2,1-3H3,(H,19,21). The highest BCUT2D eigenvalue weighted by molar-refractivity contribution is 5.98. The van der Waals surface area contributed by atoms with E-state index in [1.165, 1.54) is 0 Å². The minimum Gasteiger partial charge on any atom is -0.465 e. The molecule has 0 radical (unpaired) electrons. The zero-order valence-corrected chi connectivity index (χ0v) is 14.0. The quantitative estimate of drug-likeness (QED) is 0.880. The summed E-state index contributed by atoms with van der Waals surface area (Å²) in [5, 5.41) is 6.21. The molecule has 1 aliphatic carbocycles. The summed E-state index contributed by atoms with van der Waals surface area (Å²) in [6.45, 7) is 7.60. The van der Waals surface area contributed by atoms with Crippen molar-refractivity contribution >= 4 is 11.8 Å². The maximum absolute atomic E-state index is 12.9. The summed E-state index contributed by atoms with van der Waals surface area (Å²) in [4.78, 5) is 27.0. The van der Waals surface area contributed by atoms with Crippen LogP contribution in [0.3, 0.4) is 0 Å². The van der Waals surface area contributed by atoms with E-state index in [1.54, 1.807) is 11.8 Å². The number of nitrogens with one attached hydrogen (secondary N) is 2. The zero-order valence-electron chi connectivity index (χ0n) is 14.0. The van der Waals surface area contributed by atoms with Crippen molar-refractivity contribution in [2.45, 2.75) is 51.6 Å². The monoisotopic (exact) mass is 319 g/mol. The lowest BCUT2D eigenvalue weighted by Gasteiger charge is -2.35. The van der Waals surface area contributed by atoms with Crippen LogP contribution >= 0.6 is 0 Å². The van der Waals surface area contributed by atoms with Gasteiger partial charge in [0.2, 0.25) is 5.91 Å². The van der Waals surface area contributed by atoms with Gasteiger partial charge in [-0.1, -0.05) is 13.8 Å². The fourth-order valence-electron chi connectivity index (χ4n) is 2.86. The number of furan rings is 1. The number of carbonyl (C=O) groups is 2. The summed E-state index contributed by atoms with van der Waals surface area (Å²) >= 11 is 0. The third kappa shape index (κ3) is 3.42. The molecule has 6 nitrogen and oxygen atoms in total. The van der Waals surface area contributed by atoms with Gasteiger partial charge in [-0.15, -0.1) is 0 Å². The summed E-state index contributed by atoms with van der Waals surface area (Å²) in [5.74, 6) is 1.49. The highest BCUT2D eigenvalue weighted by Gasteiger charge is 2.36. The van der Waals surface area contributed by atoms with E-state index in [1.807, 2.05) is 19.9 Å². The number of carbonyl (C=O) groups excluding carboxylic acids is 2. The molecule has 1 saturated heterocycles. The number of aryl methyl sites for hydroxylation is 1. The van der Waals surface area contributed by atoms with Gasteiger partial charge in [-0.2, -0.15) is 0 Å². The van der Waals surface area contributed by atoms with Crippen LogP contribution in [0.2, 0.25) is 0 Å². The van der Waals surface area contributed by atoms with Crippen LogP contribution in [0.25, 0.3) is 0 Å². The molecule has 2 amide bonds. The molecule has 2 N–H and O–H groups in total. The molecule has 0 spiro atoms. The van der Waals surface area contributed by atoms with Gasteiger partial charge in [0.15, 0.2) is 0 Å². The van der Waals surface area contributed by atoms with Gasteiger partial charge in [0.25, 0.3) is 5.91 Å². The fraction of sp³-hybridized carbons (Fsp3) is 0.647. The van der Waals surface area contributed by atoms with E-state index in [4.69, 9.17) is 4.42 Å². The lowest BCUT2D eigenvalue weighted by atomic mass is 10.1. The second kappa shape index (κ2) is 6.35. The van der Waals surface area contributed by atoms with Crippen LogP contribution in [-0.4, -0.2) is 48.4 Å². The minimum absolute atomic E-state index is 0.0571. The number of hydrogen-bond acceptors (Lipinski definition) is 4. The summed E-state index contributed by atoms with van der Waals surface area (Å²) in [5.41, 5.74) is 0.569. The Morgan fingerprint density at radius 3 is 2.74 bits per heavy atom. The number of amides is 2. The van der Waals surface area contributed by atoms with Gasteiger partial charge >= 0.3 is 0 Å². The lowest BCUT2D eigenvalue weighted by Crippen LogP contribution is -2.59.